The van der Waals surface area contributed by atoms with Crippen LogP contribution in [0.15, 0.2) is 0 Å². The van der Waals surface area contributed by atoms with Gasteiger partial charge in [0.15, 0.2) is 0 Å². The number of carbonyl (C=O) groups excluding carboxylic acids is 1. The summed E-state index contributed by atoms with van der Waals surface area (Å²) < 4.78 is 5.41. The van der Waals surface area contributed by atoms with Crippen LogP contribution >= 0.6 is 0 Å². The van der Waals surface area contributed by atoms with E-state index < -0.39 is 5.60 Å². The summed E-state index contributed by atoms with van der Waals surface area (Å²) in [6.45, 7) is 5.66. The molecule has 0 saturated heterocycles. The molecule has 0 aromatic rings. The van der Waals surface area contributed by atoms with Gasteiger partial charge in [-0.15, -0.1) is 0 Å². The average Bonchev–Trinajstić information content (AvgIpc) is 2.23. The maximum atomic E-state index is 12.1. The van der Waals surface area contributed by atoms with Gasteiger partial charge in [0.1, 0.15) is 5.60 Å². The lowest BCUT2D eigenvalue weighted by atomic mass is 9.49. The summed E-state index contributed by atoms with van der Waals surface area (Å²) in [5.41, 5.74) is -0.562. The molecule has 0 aromatic carbocycles. The first-order valence-electron chi connectivity index (χ1n) is 7.71. The fraction of sp³-hybridized carbons (Fsp3) is 0.875. The van der Waals surface area contributed by atoms with Crippen LogP contribution in [0.1, 0.15) is 52.9 Å². The normalized spacial score (nSPS) is 42.1. The average molecular weight is 276 g/mol. The summed E-state index contributed by atoms with van der Waals surface area (Å²) in [4.78, 5) is 12.1. The monoisotopic (exact) mass is 276 g/mol. The largest absolute Gasteiger partial charge is 0.444 e. The summed E-state index contributed by atoms with van der Waals surface area (Å²) >= 11 is 0. The molecule has 4 bridgehead atoms. The van der Waals surface area contributed by atoms with Crippen LogP contribution < -0.4 is 5.32 Å². The van der Waals surface area contributed by atoms with Crippen molar-refractivity contribution < 1.29 is 9.53 Å². The first-order valence-corrected chi connectivity index (χ1v) is 7.71. The van der Waals surface area contributed by atoms with Crippen molar-refractivity contribution in [3.8, 4) is 6.07 Å². The molecule has 2 atom stereocenters. The lowest BCUT2D eigenvalue weighted by Gasteiger charge is -2.58. The molecule has 0 aromatic heterocycles. The molecule has 4 fully saturated rings. The highest BCUT2D eigenvalue weighted by Crippen LogP contribution is 2.58. The number of nitriles is 1. The van der Waals surface area contributed by atoms with Crippen LogP contribution in [0.2, 0.25) is 0 Å². The van der Waals surface area contributed by atoms with Crippen molar-refractivity contribution in [2.24, 2.45) is 23.7 Å². The van der Waals surface area contributed by atoms with E-state index in [2.05, 4.69) is 11.4 Å². The maximum absolute atomic E-state index is 12.1. The summed E-state index contributed by atoms with van der Waals surface area (Å²) in [6.07, 6.45) is 5.03. The number of alkyl carbamates (subject to hydrolysis) is 1. The Morgan fingerprint density at radius 3 is 2.35 bits per heavy atom. The Hall–Kier alpha value is -1.24. The fourth-order valence-electron chi connectivity index (χ4n) is 4.91. The molecule has 0 radical (unpaired) electrons. The second kappa shape index (κ2) is 4.38. The zero-order valence-electron chi connectivity index (χ0n) is 12.6. The highest BCUT2D eigenvalue weighted by atomic mass is 16.6. The second-order valence-electron chi connectivity index (χ2n) is 8.03. The molecular weight excluding hydrogens is 252 g/mol. The lowest BCUT2D eigenvalue weighted by Crippen LogP contribution is -2.62. The van der Waals surface area contributed by atoms with E-state index in [4.69, 9.17) is 4.74 Å². The Labute approximate surface area is 120 Å². The van der Waals surface area contributed by atoms with E-state index in [-0.39, 0.29) is 17.6 Å². The van der Waals surface area contributed by atoms with E-state index in [9.17, 15) is 10.1 Å². The van der Waals surface area contributed by atoms with Crippen molar-refractivity contribution in [1.29, 1.82) is 5.26 Å². The second-order valence-corrected chi connectivity index (χ2v) is 8.03. The third-order valence-electron chi connectivity index (χ3n) is 5.19. The minimum atomic E-state index is -0.457. The molecule has 1 N–H and O–H groups in total. The zero-order valence-corrected chi connectivity index (χ0v) is 12.6. The Kier molecular flexibility index (Phi) is 3.00. The molecule has 20 heavy (non-hydrogen) atoms. The molecular formula is C16H24N2O2. The van der Waals surface area contributed by atoms with E-state index >= 15 is 0 Å². The zero-order chi connectivity index (χ0) is 14.5. The van der Waals surface area contributed by atoms with Gasteiger partial charge in [-0.05, 0) is 70.6 Å². The van der Waals surface area contributed by atoms with Gasteiger partial charge in [-0.3, -0.25) is 0 Å². The number of hydrogen-bond donors (Lipinski definition) is 1. The van der Waals surface area contributed by atoms with Gasteiger partial charge >= 0.3 is 6.09 Å². The van der Waals surface area contributed by atoms with Gasteiger partial charge in [-0.1, -0.05) is 0 Å². The standard InChI is InChI=1S/C16H24N2O2/c1-15(2,3)20-14(19)18-16-6-10-4-11(7-16)13(9-17)12(5-10)8-16/h10-13H,4-8H2,1-3H3,(H,18,19). The number of nitrogens with one attached hydrogen (secondary N) is 1. The third kappa shape index (κ3) is 2.39. The highest BCUT2D eigenvalue weighted by molar-refractivity contribution is 5.69. The number of amides is 1. The Morgan fingerprint density at radius 1 is 1.25 bits per heavy atom. The molecule has 110 valence electrons. The van der Waals surface area contributed by atoms with Crippen molar-refractivity contribution >= 4 is 6.09 Å². The number of nitrogens with zero attached hydrogens (tertiary/aromatic N) is 1. The van der Waals surface area contributed by atoms with Crippen LogP contribution in [-0.4, -0.2) is 17.2 Å². The van der Waals surface area contributed by atoms with E-state index in [0.29, 0.717) is 17.8 Å². The minimum absolute atomic E-state index is 0.105. The molecule has 1 amide bonds. The molecule has 4 nitrogen and oxygen atoms in total. The van der Waals surface area contributed by atoms with E-state index in [1.165, 1.54) is 12.8 Å². The molecule has 4 aliphatic carbocycles. The van der Waals surface area contributed by atoms with Crippen LogP contribution in [0.5, 0.6) is 0 Å². The smallest absolute Gasteiger partial charge is 0.408 e. The number of ether oxygens (including phenoxy) is 1. The van der Waals surface area contributed by atoms with Gasteiger partial charge in [0, 0.05) is 5.54 Å². The third-order valence-corrected chi connectivity index (χ3v) is 5.19. The van der Waals surface area contributed by atoms with E-state index in [1.807, 2.05) is 20.8 Å². The molecule has 4 rings (SSSR count). The van der Waals surface area contributed by atoms with Gasteiger partial charge in [0.25, 0.3) is 0 Å². The van der Waals surface area contributed by atoms with Crippen LogP contribution in [0.4, 0.5) is 4.79 Å². The minimum Gasteiger partial charge on any atom is -0.444 e. The number of rotatable bonds is 1. The Morgan fingerprint density at radius 2 is 1.85 bits per heavy atom. The summed E-state index contributed by atoms with van der Waals surface area (Å²) in [6, 6.07) is 2.51. The first kappa shape index (κ1) is 13.7. The van der Waals surface area contributed by atoms with Gasteiger partial charge in [0.2, 0.25) is 0 Å². The summed E-state index contributed by atoms with van der Waals surface area (Å²) in [7, 11) is 0. The van der Waals surface area contributed by atoms with Crippen molar-refractivity contribution in [2.75, 3.05) is 0 Å². The van der Waals surface area contributed by atoms with Crippen LogP contribution in [0, 0.1) is 35.0 Å². The molecule has 4 aliphatic rings. The molecule has 4 heteroatoms. The van der Waals surface area contributed by atoms with Crippen LogP contribution in [-0.2, 0) is 4.74 Å². The molecule has 0 aliphatic heterocycles. The van der Waals surface area contributed by atoms with Crippen molar-refractivity contribution in [3.63, 3.8) is 0 Å². The number of hydrogen-bond acceptors (Lipinski definition) is 3. The summed E-state index contributed by atoms with van der Waals surface area (Å²) in [5.74, 6) is 1.84. The van der Waals surface area contributed by atoms with Crippen LogP contribution in [0.25, 0.3) is 0 Å². The Balaban J connectivity index is 1.72. The predicted octanol–water partition coefficient (Wildman–Crippen LogP) is 3.23. The van der Waals surface area contributed by atoms with E-state index in [0.717, 1.165) is 19.3 Å². The van der Waals surface area contributed by atoms with Crippen molar-refractivity contribution in [3.05, 3.63) is 0 Å². The highest BCUT2D eigenvalue weighted by Gasteiger charge is 2.56. The first-order chi connectivity index (χ1) is 9.30. The predicted molar refractivity (Wildman–Crippen MR) is 74.8 cm³/mol. The van der Waals surface area contributed by atoms with Crippen molar-refractivity contribution in [2.45, 2.75) is 64.0 Å². The van der Waals surface area contributed by atoms with Crippen LogP contribution in [0.3, 0.4) is 0 Å². The topological polar surface area (TPSA) is 62.1 Å². The quantitative estimate of drug-likeness (QED) is 0.799. The fourth-order valence-corrected chi connectivity index (χ4v) is 4.91. The molecule has 4 saturated carbocycles. The SMILES string of the molecule is CC(C)(C)OC(=O)NC12CC3CC(C1)C(C#N)C(C3)C2. The van der Waals surface area contributed by atoms with Gasteiger partial charge in [0.05, 0.1) is 12.0 Å². The molecule has 0 spiro atoms. The molecule has 2 unspecified atom stereocenters. The maximum Gasteiger partial charge on any atom is 0.408 e. The van der Waals surface area contributed by atoms with Gasteiger partial charge < -0.3 is 10.1 Å². The Bertz CT molecular complexity index is 444. The van der Waals surface area contributed by atoms with Gasteiger partial charge in [-0.25, -0.2) is 4.79 Å². The lowest BCUT2D eigenvalue weighted by molar-refractivity contribution is -0.0500. The number of carbonyl (C=O) groups is 1. The van der Waals surface area contributed by atoms with Gasteiger partial charge in [-0.2, -0.15) is 5.26 Å². The van der Waals surface area contributed by atoms with E-state index in [1.54, 1.807) is 0 Å². The van der Waals surface area contributed by atoms with Crippen molar-refractivity contribution in [1.82, 2.24) is 5.32 Å². The summed E-state index contributed by atoms with van der Waals surface area (Å²) in [5, 5.41) is 12.5. The molecule has 0 heterocycles.